The van der Waals surface area contributed by atoms with Gasteiger partial charge in [0.2, 0.25) is 5.13 Å². The Kier molecular flexibility index (Phi) is 5.15. The van der Waals surface area contributed by atoms with Crippen molar-refractivity contribution in [1.29, 1.82) is 0 Å². The first kappa shape index (κ1) is 17.6. The van der Waals surface area contributed by atoms with Gasteiger partial charge < -0.3 is 0 Å². The minimum absolute atomic E-state index is 0.266. The van der Waals surface area contributed by atoms with Gasteiger partial charge in [-0.05, 0) is 12.5 Å². The van der Waals surface area contributed by atoms with E-state index in [9.17, 15) is 4.79 Å². The van der Waals surface area contributed by atoms with Crippen LogP contribution >= 0.6 is 22.9 Å². The van der Waals surface area contributed by atoms with Crippen LogP contribution in [0.1, 0.15) is 46.4 Å². The maximum Gasteiger partial charge on any atom is 0.262 e. The van der Waals surface area contributed by atoms with Gasteiger partial charge in [0.15, 0.2) is 0 Å². The second kappa shape index (κ2) is 7.33. The Labute approximate surface area is 154 Å². The van der Waals surface area contributed by atoms with Crippen molar-refractivity contribution in [3.63, 3.8) is 0 Å². The van der Waals surface area contributed by atoms with Gasteiger partial charge in [0.25, 0.3) is 5.91 Å². The van der Waals surface area contributed by atoms with Crippen molar-refractivity contribution in [2.45, 2.75) is 33.2 Å². The first-order valence-electron chi connectivity index (χ1n) is 7.87. The summed E-state index contributed by atoms with van der Waals surface area (Å²) in [7, 11) is 0. The van der Waals surface area contributed by atoms with Crippen molar-refractivity contribution in [2.24, 2.45) is 0 Å². The van der Waals surface area contributed by atoms with Crippen LogP contribution in [-0.2, 0) is 6.54 Å². The number of hydrogen-bond donors (Lipinski definition) is 1. The molecule has 2 aromatic heterocycles. The van der Waals surface area contributed by atoms with E-state index >= 15 is 0 Å². The summed E-state index contributed by atoms with van der Waals surface area (Å²) in [5.74, 6) is -0.0598. The zero-order chi connectivity index (χ0) is 18.0. The standard InChI is InChI=1S/C17H18ClN5OS/c1-10(2)16-20-21-17(25-16)19-15(24)13-11(3)22-23(14(13)18)9-12-7-5-4-6-8-12/h4-8,10H,9H2,1-3H3,(H,19,21,24). The zero-order valence-corrected chi connectivity index (χ0v) is 15.7. The predicted octanol–water partition coefficient (Wildman–Crippen LogP) is 4.12. The topological polar surface area (TPSA) is 72.7 Å². The summed E-state index contributed by atoms with van der Waals surface area (Å²) < 4.78 is 1.63. The maximum absolute atomic E-state index is 12.6. The second-order valence-corrected chi connectivity index (χ2v) is 7.32. The number of anilines is 1. The van der Waals surface area contributed by atoms with Crippen LogP contribution in [0.25, 0.3) is 0 Å². The summed E-state index contributed by atoms with van der Waals surface area (Å²) in [4.78, 5) is 12.6. The molecule has 0 bridgehead atoms. The molecule has 130 valence electrons. The van der Waals surface area contributed by atoms with Crippen molar-refractivity contribution in [1.82, 2.24) is 20.0 Å². The Morgan fingerprint density at radius 1 is 1.28 bits per heavy atom. The molecule has 0 atom stereocenters. The Bertz CT molecular complexity index is 888. The van der Waals surface area contributed by atoms with Crippen LogP contribution in [0.15, 0.2) is 30.3 Å². The molecular weight excluding hydrogens is 358 g/mol. The lowest BCUT2D eigenvalue weighted by Crippen LogP contribution is -2.13. The molecule has 1 amide bonds. The van der Waals surface area contributed by atoms with Crippen LogP contribution in [0.4, 0.5) is 5.13 Å². The fraction of sp³-hybridized carbons (Fsp3) is 0.294. The minimum Gasteiger partial charge on any atom is -0.296 e. The number of nitrogens with one attached hydrogen (secondary N) is 1. The number of amides is 1. The average molecular weight is 376 g/mol. The summed E-state index contributed by atoms with van der Waals surface area (Å²) in [5, 5.41) is 16.9. The van der Waals surface area contributed by atoms with Crippen LogP contribution in [0, 0.1) is 6.92 Å². The van der Waals surface area contributed by atoms with Gasteiger partial charge in [0, 0.05) is 5.92 Å². The summed E-state index contributed by atoms with van der Waals surface area (Å²) >= 11 is 7.76. The molecule has 0 aliphatic heterocycles. The molecule has 0 spiro atoms. The lowest BCUT2D eigenvalue weighted by atomic mass is 10.2. The third-order valence-corrected chi connectivity index (χ3v) is 5.15. The first-order valence-corrected chi connectivity index (χ1v) is 9.06. The fourth-order valence-electron chi connectivity index (χ4n) is 2.35. The largest absolute Gasteiger partial charge is 0.296 e. The number of nitrogens with zero attached hydrogens (tertiary/aromatic N) is 4. The second-order valence-electron chi connectivity index (χ2n) is 5.95. The lowest BCUT2D eigenvalue weighted by molar-refractivity contribution is 0.102. The van der Waals surface area contributed by atoms with E-state index < -0.39 is 0 Å². The summed E-state index contributed by atoms with van der Waals surface area (Å²) in [5.41, 5.74) is 2.00. The van der Waals surface area contributed by atoms with Gasteiger partial charge in [-0.25, -0.2) is 4.68 Å². The van der Waals surface area contributed by atoms with E-state index in [0.29, 0.717) is 28.1 Å². The highest BCUT2D eigenvalue weighted by molar-refractivity contribution is 7.15. The lowest BCUT2D eigenvalue weighted by Gasteiger charge is -2.04. The fourth-order valence-corrected chi connectivity index (χ4v) is 3.41. The molecule has 3 rings (SSSR count). The van der Waals surface area contributed by atoms with E-state index in [4.69, 9.17) is 11.6 Å². The molecule has 0 aliphatic carbocycles. The summed E-state index contributed by atoms with van der Waals surface area (Å²) in [6, 6.07) is 9.83. The molecule has 0 saturated heterocycles. The molecule has 8 heteroatoms. The van der Waals surface area contributed by atoms with Gasteiger partial charge in [-0.2, -0.15) is 5.10 Å². The summed E-state index contributed by atoms with van der Waals surface area (Å²) in [6.07, 6.45) is 0. The van der Waals surface area contributed by atoms with Gasteiger partial charge in [-0.15, -0.1) is 10.2 Å². The third kappa shape index (κ3) is 3.88. The van der Waals surface area contributed by atoms with E-state index in [1.54, 1.807) is 11.6 Å². The molecule has 0 saturated carbocycles. The number of carbonyl (C=O) groups is 1. The Hall–Kier alpha value is -2.25. The van der Waals surface area contributed by atoms with Crippen LogP contribution in [0.5, 0.6) is 0 Å². The van der Waals surface area contributed by atoms with Crippen LogP contribution < -0.4 is 5.32 Å². The number of halogens is 1. The van der Waals surface area contributed by atoms with Crippen LogP contribution in [0.3, 0.4) is 0 Å². The molecule has 1 N–H and O–H groups in total. The van der Waals surface area contributed by atoms with E-state index in [0.717, 1.165) is 10.6 Å². The highest BCUT2D eigenvalue weighted by Crippen LogP contribution is 2.25. The molecule has 0 fully saturated rings. The molecule has 3 aromatic rings. The maximum atomic E-state index is 12.6. The molecule has 0 aliphatic rings. The van der Waals surface area contributed by atoms with E-state index in [1.807, 2.05) is 44.2 Å². The highest BCUT2D eigenvalue weighted by atomic mass is 35.5. The normalized spacial score (nSPS) is 11.1. The molecule has 1 aromatic carbocycles. The number of carbonyl (C=O) groups excluding carboxylic acids is 1. The van der Waals surface area contributed by atoms with Crippen LogP contribution in [0.2, 0.25) is 5.15 Å². The van der Waals surface area contributed by atoms with E-state index in [1.165, 1.54) is 11.3 Å². The van der Waals surface area contributed by atoms with Gasteiger partial charge in [0.05, 0.1) is 17.8 Å². The van der Waals surface area contributed by atoms with Gasteiger partial charge in [-0.3, -0.25) is 10.1 Å². The van der Waals surface area contributed by atoms with Crippen molar-refractivity contribution >= 4 is 34.0 Å². The number of benzene rings is 1. The van der Waals surface area contributed by atoms with Crippen LogP contribution in [-0.4, -0.2) is 25.9 Å². The van der Waals surface area contributed by atoms with Crippen molar-refractivity contribution < 1.29 is 4.79 Å². The minimum atomic E-state index is -0.326. The van der Waals surface area contributed by atoms with Crippen molar-refractivity contribution in [2.75, 3.05) is 5.32 Å². The number of aromatic nitrogens is 4. The monoisotopic (exact) mass is 375 g/mol. The third-order valence-electron chi connectivity index (χ3n) is 3.62. The number of hydrogen-bond acceptors (Lipinski definition) is 5. The number of aryl methyl sites for hydroxylation is 1. The molecule has 0 unspecified atom stereocenters. The van der Waals surface area contributed by atoms with E-state index in [-0.39, 0.29) is 11.8 Å². The van der Waals surface area contributed by atoms with Crippen molar-refractivity contribution in [3.8, 4) is 0 Å². The first-order chi connectivity index (χ1) is 12.0. The molecule has 25 heavy (non-hydrogen) atoms. The molecule has 6 nitrogen and oxygen atoms in total. The molecular formula is C17H18ClN5OS. The Morgan fingerprint density at radius 3 is 2.64 bits per heavy atom. The predicted molar refractivity (Wildman–Crippen MR) is 99.5 cm³/mol. The molecule has 2 heterocycles. The smallest absolute Gasteiger partial charge is 0.262 e. The zero-order valence-electron chi connectivity index (χ0n) is 14.2. The van der Waals surface area contributed by atoms with Crippen molar-refractivity contribution in [3.05, 3.63) is 57.3 Å². The summed E-state index contributed by atoms with van der Waals surface area (Å²) in [6.45, 7) is 6.33. The Balaban J connectivity index is 1.80. The highest BCUT2D eigenvalue weighted by Gasteiger charge is 2.22. The van der Waals surface area contributed by atoms with Gasteiger partial charge in [-0.1, -0.05) is 67.1 Å². The Morgan fingerprint density at radius 2 is 2.00 bits per heavy atom. The SMILES string of the molecule is Cc1nn(Cc2ccccc2)c(Cl)c1C(=O)Nc1nnc(C(C)C)s1. The van der Waals surface area contributed by atoms with Gasteiger partial charge in [0.1, 0.15) is 10.2 Å². The average Bonchev–Trinajstić information content (AvgIpc) is 3.14. The molecule has 0 radical (unpaired) electrons. The number of rotatable bonds is 5. The quantitative estimate of drug-likeness (QED) is 0.728. The van der Waals surface area contributed by atoms with Gasteiger partial charge >= 0.3 is 0 Å². The van der Waals surface area contributed by atoms with E-state index in [2.05, 4.69) is 20.6 Å².